The molecule has 68 heavy (non-hydrogen) atoms. The van der Waals surface area contributed by atoms with E-state index in [0.717, 1.165) is 6.92 Å². The molecule has 396 valence electrons. The molecule has 6 aliphatic rings. The molecule has 0 bridgehead atoms. The highest BCUT2D eigenvalue weighted by atomic mass is 16.8. The summed E-state index contributed by atoms with van der Waals surface area (Å²) in [5.41, 5.74) is 0. The van der Waals surface area contributed by atoms with Crippen molar-refractivity contribution in [3.05, 3.63) is 0 Å². The van der Waals surface area contributed by atoms with Gasteiger partial charge in [0.05, 0.1) is 38.6 Å². The minimum Gasteiger partial charge on any atom is -0.394 e. The summed E-state index contributed by atoms with van der Waals surface area (Å²) in [6.45, 7) is -0.339. The van der Waals surface area contributed by atoms with Crippen LogP contribution in [0.1, 0.15) is 20.8 Å². The Morgan fingerprint density at radius 3 is 1.32 bits per heavy atom. The van der Waals surface area contributed by atoms with Gasteiger partial charge < -0.3 is 144 Å². The van der Waals surface area contributed by atoms with Crippen LogP contribution in [0.2, 0.25) is 0 Å². The van der Waals surface area contributed by atoms with Gasteiger partial charge in [-0.15, -0.1) is 0 Å². The zero-order valence-electron chi connectivity index (χ0n) is 36.7. The van der Waals surface area contributed by atoms with Gasteiger partial charge in [0.15, 0.2) is 37.7 Å². The fourth-order valence-electron chi connectivity index (χ4n) is 8.78. The van der Waals surface area contributed by atoms with E-state index in [1.165, 1.54) is 13.8 Å². The molecule has 6 fully saturated rings. The molecule has 0 aromatic carbocycles. The van der Waals surface area contributed by atoms with E-state index < -0.39 is 217 Å². The maximum Gasteiger partial charge on any atom is 0.217 e. The standard InChI is InChI=1S/C38H65NO29/c1-8-16(45)20(49)25(54)35(58-8)66-30-15(39-10(3)44)34(67-31-19(48)12(5-41)61-37(27(31)56)64-28-13(6-42)60-33(57)24(53)23(28)52)63-14(7-43)29(30)65-38-32(22(51)18(47)11(4-40)62-38)68-36-26(55)21(50)17(46)9(2)59-36/h8-9,11-38,40-43,45-57H,4-7H2,1-3H3,(H,39,44)/t8-,9-,11+,12+,13+,14+,15+,16+,17+,18-,19-,20+,21+,22-,23+,24+,25-,26-,27+,28+,29+,30+,31-,32+,33-,34-,35-,36-,37-,38-/m0/s1. The summed E-state index contributed by atoms with van der Waals surface area (Å²) in [5.74, 6) is -0.882. The highest BCUT2D eigenvalue weighted by Crippen LogP contribution is 2.38. The Bertz CT molecular complexity index is 1590. The van der Waals surface area contributed by atoms with Crippen LogP contribution in [0.5, 0.6) is 0 Å². The third-order valence-electron chi connectivity index (χ3n) is 12.8. The summed E-state index contributed by atoms with van der Waals surface area (Å²) < 4.78 is 63.9. The van der Waals surface area contributed by atoms with Gasteiger partial charge in [-0.25, -0.2) is 0 Å². The van der Waals surface area contributed by atoms with Gasteiger partial charge in [-0.05, 0) is 13.8 Å². The van der Waals surface area contributed by atoms with E-state index >= 15 is 0 Å². The maximum absolute atomic E-state index is 13.0. The molecule has 18 N–H and O–H groups in total. The van der Waals surface area contributed by atoms with E-state index in [2.05, 4.69) is 5.32 Å². The van der Waals surface area contributed by atoms with E-state index in [9.17, 15) is 91.6 Å². The average molecular weight is 1000 g/mol. The van der Waals surface area contributed by atoms with Gasteiger partial charge in [-0.3, -0.25) is 4.79 Å². The minimum absolute atomic E-state index is 0.882. The van der Waals surface area contributed by atoms with Crippen molar-refractivity contribution in [2.75, 3.05) is 26.4 Å². The molecule has 0 aliphatic carbocycles. The second-order valence-corrected chi connectivity index (χ2v) is 17.5. The van der Waals surface area contributed by atoms with Gasteiger partial charge >= 0.3 is 0 Å². The Morgan fingerprint density at radius 2 is 0.794 bits per heavy atom. The van der Waals surface area contributed by atoms with Crippen LogP contribution in [-0.2, 0) is 56.9 Å². The van der Waals surface area contributed by atoms with Crippen molar-refractivity contribution in [3.63, 3.8) is 0 Å². The monoisotopic (exact) mass is 999 g/mol. The normalized spacial score (nSPS) is 52.6. The molecule has 30 heteroatoms. The van der Waals surface area contributed by atoms with E-state index in [1.807, 2.05) is 0 Å². The molecule has 6 saturated heterocycles. The van der Waals surface area contributed by atoms with Gasteiger partial charge in [0.25, 0.3) is 0 Å². The first kappa shape index (κ1) is 55.7. The molecular formula is C38H65NO29. The molecule has 6 aliphatic heterocycles. The number of carbonyl (C=O) groups is 1. The summed E-state index contributed by atoms with van der Waals surface area (Å²) >= 11 is 0. The Kier molecular flexibility index (Phi) is 19.2. The predicted molar refractivity (Wildman–Crippen MR) is 208 cm³/mol. The number of hydrogen-bond donors (Lipinski definition) is 18. The number of nitrogens with one attached hydrogen (secondary N) is 1. The predicted octanol–water partition coefficient (Wildman–Crippen LogP) is -11.9. The number of ether oxygens (including phenoxy) is 11. The minimum atomic E-state index is -2.18. The zero-order chi connectivity index (χ0) is 50.2. The van der Waals surface area contributed by atoms with Crippen LogP contribution >= 0.6 is 0 Å². The van der Waals surface area contributed by atoms with Crippen LogP contribution in [0.15, 0.2) is 0 Å². The van der Waals surface area contributed by atoms with Crippen LogP contribution in [0, 0.1) is 0 Å². The second kappa shape index (κ2) is 23.5. The van der Waals surface area contributed by atoms with Crippen LogP contribution in [0.3, 0.4) is 0 Å². The second-order valence-electron chi connectivity index (χ2n) is 17.5. The molecule has 0 aromatic heterocycles. The van der Waals surface area contributed by atoms with Gasteiger partial charge in [0.2, 0.25) is 5.91 Å². The van der Waals surface area contributed by atoms with E-state index in [-0.39, 0.29) is 0 Å². The highest BCUT2D eigenvalue weighted by molar-refractivity contribution is 5.73. The lowest BCUT2D eigenvalue weighted by Gasteiger charge is -2.52. The Morgan fingerprint density at radius 1 is 0.382 bits per heavy atom. The van der Waals surface area contributed by atoms with Crippen molar-refractivity contribution in [1.82, 2.24) is 5.32 Å². The van der Waals surface area contributed by atoms with Gasteiger partial charge in [-0.1, -0.05) is 0 Å². The zero-order valence-corrected chi connectivity index (χ0v) is 36.7. The van der Waals surface area contributed by atoms with Crippen LogP contribution in [-0.4, -0.2) is 303 Å². The summed E-state index contributed by atoms with van der Waals surface area (Å²) in [6, 6.07) is -1.83. The number of hydrogen-bond acceptors (Lipinski definition) is 29. The quantitative estimate of drug-likeness (QED) is 0.0724. The van der Waals surface area contributed by atoms with E-state index in [0.29, 0.717) is 0 Å². The largest absolute Gasteiger partial charge is 0.394 e. The highest BCUT2D eigenvalue weighted by Gasteiger charge is 2.59. The smallest absolute Gasteiger partial charge is 0.217 e. The number of rotatable bonds is 15. The first-order chi connectivity index (χ1) is 32.1. The van der Waals surface area contributed by atoms with Crippen molar-refractivity contribution in [1.29, 1.82) is 0 Å². The van der Waals surface area contributed by atoms with Gasteiger partial charge in [-0.2, -0.15) is 0 Å². The fraction of sp³-hybridized carbons (Fsp3) is 0.974. The van der Waals surface area contributed by atoms with E-state index in [4.69, 9.17) is 52.1 Å². The van der Waals surface area contributed by atoms with Crippen LogP contribution in [0.25, 0.3) is 0 Å². The van der Waals surface area contributed by atoms with Gasteiger partial charge in [0, 0.05) is 6.92 Å². The first-order valence-electron chi connectivity index (χ1n) is 21.8. The van der Waals surface area contributed by atoms with Crippen molar-refractivity contribution in [2.24, 2.45) is 0 Å². The molecule has 6 heterocycles. The van der Waals surface area contributed by atoms with Crippen molar-refractivity contribution < 1.29 is 144 Å². The van der Waals surface area contributed by atoms with Crippen LogP contribution in [0.4, 0.5) is 0 Å². The molecule has 0 saturated carbocycles. The lowest BCUT2D eigenvalue weighted by atomic mass is 9.93. The van der Waals surface area contributed by atoms with Crippen molar-refractivity contribution in [2.45, 2.75) is 205 Å². The summed E-state index contributed by atoms with van der Waals surface area (Å²) in [6.07, 6.45) is -53.8. The Balaban J connectivity index is 1.37. The first-order valence-corrected chi connectivity index (χ1v) is 21.8. The molecular weight excluding hydrogens is 934 g/mol. The van der Waals surface area contributed by atoms with Crippen molar-refractivity contribution >= 4 is 5.91 Å². The lowest BCUT2D eigenvalue weighted by molar-refractivity contribution is -0.401. The summed E-state index contributed by atoms with van der Waals surface area (Å²) in [5, 5.41) is 184. The molecule has 0 aromatic rings. The molecule has 30 nitrogen and oxygen atoms in total. The lowest BCUT2D eigenvalue weighted by Crippen LogP contribution is -2.71. The van der Waals surface area contributed by atoms with E-state index in [1.54, 1.807) is 0 Å². The molecule has 0 unspecified atom stereocenters. The van der Waals surface area contributed by atoms with Crippen molar-refractivity contribution in [3.8, 4) is 0 Å². The summed E-state index contributed by atoms with van der Waals surface area (Å²) in [7, 11) is 0. The Hall–Kier alpha value is -1.65. The number of carbonyl (C=O) groups excluding carboxylic acids is 1. The third-order valence-corrected chi connectivity index (χ3v) is 12.8. The third kappa shape index (κ3) is 11.4. The van der Waals surface area contributed by atoms with Crippen LogP contribution < -0.4 is 5.32 Å². The molecule has 6 rings (SSSR count). The average Bonchev–Trinajstić information content (AvgIpc) is 3.31. The molecule has 30 atom stereocenters. The molecule has 0 spiro atoms. The van der Waals surface area contributed by atoms with Gasteiger partial charge in [0.1, 0.15) is 134 Å². The maximum atomic E-state index is 13.0. The number of amides is 1. The summed E-state index contributed by atoms with van der Waals surface area (Å²) in [4.78, 5) is 13.0. The SMILES string of the molecule is CC(=O)N[C@H]1[C@H](O[C@H]2[C@@H](O)[C@@H](CO)O[C@@H](O[C@H]3[C@H](O)[C@@H](O)[C@@H](O)O[C@@H]3CO)[C@@H]2O)O[C@H](CO)[C@@H](O[C@@H]2O[C@H](CO)[C@H](O)[C@H](O)[C@H]2O[C@@H]2O[C@@H](C)[C@@H](O)[C@@H](O)[C@@H]2O)[C@@H]1O[C@@H]1O[C@@H](C)[C@@H](O)[C@@H](O)[C@@H]1O. The molecule has 0 radical (unpaired) electrons. The fourth-order valence-corrected chi connectivity index (χ4v) is 8.78. The molecule has 1 amide bonds. The number of aliphatic hydroxyl groups is 17. The number of aliphatic hydroxyl groups excluding tert-OH is 17. The Labute approximate surface area is 386 Å². The topological polar surface area (TPSA) is 475 Å².